The molecule has 22 heavy (non-hydrogen) atoms. The van der Waals surface area contributed by atoms with Crippen LogP contribution in [0.15, 0.2) is 18.2 Å². The highest BCUT2D eigenvalue weighted by atomic mass is 32.1. The van der Waals surface area contributed by atoms with Crippen LogP contribution in [0.5, 0.6) is 0 Å². The third kappa shape index (κ3) is 7.26. The molecule has 3 N–H and O–H groups in total. The van der Waals surface area contributed by atoms with Crippen molar-refractivity contribution in [3.63, 3.8) is 0 Å². The molecular weight excluding hydrogens is 298 g/mol. The van der Waals surface area contributed by atoms with Crippen LogP contribution >= 0.6 is 12.2 Å². The highest BCUT2D eigenvalue weighted by molar-refractivity contribution is 7.80. The molecule has 122 valence electrons. The maximum Gasteiger partial charge on any atom is 0.305 e. The zero-order valence-electron chi connectivity index (χ0n) is 13.5. The Balaban J connectivity index is 2.13. The first kappa shape index (κ1) is 18.2. The first-order chi connectivity index (χ1) is 10.5. The lowest BCUT2D eigenvalue weighted by Crippen LogP contribution is -2.39. The molecule has 0 spiro atoms. The number of hydrogen-bond acceptors (Lipinski definition) is 4. The van der Waals surface area contributed by atoms with Crippen LogP contribution in [-0.2, 0) is 9.53 Å². The molecule has 0 aliphatic heterocycles. The molecule has 0 fully saturated rings. The Labute approximate surface area is 137 Å². The number of ether oxygens (including phenoxy) is 1. The predicted molar refractivity (Wildman–Crippen MR) is 93.8 cm³/mol. The standard InChI is InChI=1S/C16H25N3O2S/c1-12-8-9-13(2)14(11-12)18-19-16(22)17-10-6-4-5-7-15(20)21-3/h8-9,11,18H,4-7,10H2,1-3H3,(H2,17,19,22). The molecule has 1 aromatic carbocycles. The molecule has 0 aliphatic carbocycles. The summed E-state index contributed by atoms with van der Waals surface area (Å²) < 4.78 is 4.59. The van der Waals surface area contributed by atoms with Crippen LogP contribution in [0.2, 0.25) is 0 Å². The maximum atomic E-state index is 10.9. The number of rotatable bonds is 8. The van der Waals surface area contributed by atoms with E-state index in [1.807, 2.05) is 6.92 Å². The van der Waals surface area contributed by atoms with E-state index in [0.29, 0.717) is 11.5 Å². The molecular formula is C16H25N3O2S. The van der Waals surface area contributed by atoms with Gasteiger partial charge in [-0.15, -0.1) is 0 Å². The third-order valence-electron chi connectivity index (χ3n) is 3.27. The van der Waals surface area contributed by atoms with Gasteiger partial charge in [-0.05, 0) is 56.1 Å². The van der Waals surface area contributed by atoms with Gasteiger partial charge in [0, 0.05) is 13.0 Å². The van der Waals surface area contributed by atoms with Crippen LogP contribution in [0.3, 0.4) is 0 Å². The fraction of sp³-hybridized carbons (Fsp3) is 0.500. The average Bonchev–Trinajstić information content (AvgIpc) is 2.51. The fourth-order valence-electron chi connectivity index (χ4n) is 1.91. The molecule has 0 saturated carbocycles. The van der Waals surface area contributed by atoms with E-state index < -0.39 is 0 Å². The number of hydrogen-bond donors (Lipinski definition) is 3. The molecule has 1 rings (SSSR count). The van der Waals surface area contributed by atoms with E-state index in [1.165, 1.54) is 12.7 Å². The van der Waals surface area contributed by atoms with Gasteiger partial charge in [-0.25, -0.2) is 0 Å². The van der Waals surface area contributed by atoms with Crippen molar-refractivity contribution in [1.29, 1.82) is 0 Å². The van der Waals surface area contributed by atoms with Gasteiger partial charge in [0.05, 0.1) is 12.8 Å². The van der Waals surface area contributed by atoms with Crippen molar-refractivity contribution in [2.45, 2.75) is 39.5 Å². The Morgan fingerprint density at radius 1 is 1.23 bits per heavy atom. The Hall–Kier alpha value is -1.82. The number of hydrazine groups is 1. The second-order valence-corrected chi connectivity index (χ2v) is 5.62. The number of unbranched alkanes of at least 4 members (excludes halogenated alkanes) is 2. The molecule has 0 heterocycles. The van der Waals surface area contributed by atoms with Crippen LogP contribution in [0.1, 0.15) is 36.8 Å². The minimum atomic E-state index is -0.150. The quantitative estimate of drug-likeness (QED) is 0.296. The average molecular weight is 323 g/mol. The third-order valence-corrected chi connectivity index (χ3v) is 3.52. The second-order valence-electron chi connectivity index (χ2n) is 5.21. The number of esters is 1. The largest absolute Gasteiger partial charge is 0.469 e. The summed E-state index contributed by atoms with van der Waals surface area (Å²) in [5, 5.41) is 3.69. The Bertz CT molecular complexity index is 506. The minimum absolute atomic E-state index is 0.150. The summed E-state index contributed by atoms with van der Waals surface area (Å²) in [6.45, 7) is 4.87. The van der Waals surface area contributed by atoms with Crippen molar-refractivity contribution in [1.82, 2.24) is 10.7 Å². The van der Waals surface area contributed by atoms with Gasteiger partial charge in [0.1, 0.15) is 0 Å². The summed E-state index contributed by atoms with van der Waals surface area (Å²) >= 11 is 5.21. The van der Waals surface area contributed by atoms with Gasteiger partial charge in [-0.1, -0.05) is 18.6 Å². The van der Waals surface area contributed by atoms with E-state index >= 15 is 0 Å². The molecule has 0 aliphatic rings. The first-order valence-corrected chi connectivity index (χ1v) is 7.87. The smallest absolute Gasteiger partial charge is 0.305 e. The van der Waals surface area contributed by atoms with E-state index in [4.69, 9.17) is 12.2 Å². The SMILES string of the molecule is COC(=O)CCCCCNC(=S)NNc1cc(C)ccc1C. The summed E-state index contributed by atoms with van der Waals surface area (Å²) in [5.74, 6) is -0.150. The Morgan fingerprint density at radius 2 is 2.00 bits per heavy atom. The van der Waals surface area contributed by atoms with Crippen LogP contribution in [0.4, 0.5) is 5.69 Å². The van der Waals surface area contributed by atoms with E-state index in [1.54, 1.807) is 0 Å². The summed E-state index contributed by atoms with van der Waals surface area (Å²) in [4.78, 5) is 10.9. The molecule has 0 aromatic heterocycles. The van der Waals surface area contributed by atoms with E-state index in [-0.39, 0.29) is 5.97 Å². The van der Waals surface area contributed by atoms with Gasteiger partial charge in [0.15, 0.2) is 5.11 Å². The van der Waals surface area contributed by atoms with Crippen LogP contribution in [0, 0.1) is 13.8 Å². The van der Waals surface area contributed by atoms with Crippen LogP contribution < -0.4 is 16.2 Å². The van der Waals surface area contributed by atoms with Gasteiger partial charge in [-0.2, -0.15) is 0 Å². The van der Waals surface area contributed by atoms with E-state index in [9.17, 15) is 4.79 Å². The van der Waals surface area contributed by atoms with Gasteiger partial charge in [0.2, 0.25) is 0 Å². The number of aryl methyl sites for hydroxylation is 2. The molecule has 0 atom stereocenters. The van der Waals surface area contributed by atoms with Crippen molar-refractivity contribution in [3.05, 3.63) is 29.3 Å². The highest BCUT2D eigenvalue weighted by Crippen LogP contribution is 2.14. The van der Waals surface area contributed by atoms with Crippen LogP contribution in [-0.4, -0.2) is 24.7 Å². The molecule has 5 nitrogen and oxygen atoms in total. The summed E-state index contributed by atoms with van der Waals surface area (Å²) in [7, 11) is 1.41. The molecule has 6 heteroatoms. The number of methoxy groups -OCH3 is 1. The number of thiocarbonyl (C=S) groups is 1. The van der Waals surface area contributed by atoms with E-state index in [0.717, 1.165) is 37.1 Å². The molecule has 1 aromatic rings. The summed E-state index contributed by atoms with van der Waals surface area (Å²) in [5.41, 5.74) is 9.46. The van der Waals surface area contributed by atoms with Crippen LogP contribution in [0.25, 0.3) is 0 Å². The molecule has 0 bridgehead atoms. The highest BCUT2D eigenvalue weighted by Gasteiger charge is 2.01. The topological polar surface area (TPSA) is 62.4 Å². The summed E-state index contributed by atoms with van der Waals surface area (Å²) in [6, 6.07) is 6.21. The number of benzene rings is 1. The monoisotopic (exact) mass is 323 g/mol. The summed E-state index contributed by atoms with van der Waals surface area (Å²) in [6.07, 6.45) is 3.25. The van der Waals surface area contributed by atoms with Crippen molar-refractivity contribution >= 4 is 29.0 Å². The molecule has 0 amide bonds. The van der Waals surface area contributed by atoms with E-state index in [2.05, 4.69) is 46.0 Å². The Morgan fingerprint density at radius 3 is 2.73 bits per heavy atom. The molecule has 0 saturated heterocycles. The van der Waals surface area contributed by atoms with Crippen molar-refractivity contribution in [3.8, 4) is 0 Å². The maximum absolute atomic E-state index is 10.9. The van der Waals surface area contributed by atoms with Gasteiger partial charge >= 0.3 is 5.97 Å². The zero-order chi connectivity index (χ0) is 16.4. The normalized spacial score (nSPS) is 9.95. The minimum Gasteiger partial charge on any atom is -0.469 e. The Kier molecular flexibility index (Phi) is 8.28. The molecule has 0 unspecified atom stereocenters. The van der Waals surface area contributed by atoms with Crippen molar-refractivity contribution in [2.24, 2.45) is 0 Å². The van der Waals surface area contributed by atoms with Crippen molar-refractivity contribution in [2.75, 3.05) is 19.1 Å². The second kappa shape index (κ2) is 10.00. The number of nitrogens with one attached hydrogen (secondary N) is 3. The van der Waals surface area contributed by atoms with Gasteiger partial charge in [-0.3, -0.25) is 15.6 Å². The molecule has 0 radical (unpaired) electrons. The number of carbonyl (C=O) groups excluding carboxylic acids is 1. The lowest BCUT2D eigenvalue weighted by Gasteiger charge is -2.14. The van der Waals surface area contributed by atoms with Gasteiger partial charge < -0.3 is 10.1 Å². The zero-order valence-corrected chi connectivity index (χ0v) is 14.3. The number of carbonyl (C=O) groups is 1. The predicted octanol–water partition coefficient (Wildman–Crippen LogP) is 2.83. The first-order valence-electron chi connectivity index (χ1n) is 7.47. The lowest BCUT2D eigenvalue weighted by atomic mass is 10.1. The van der Waals surface area contributed by atoms with Crippen molar-refractivity contribution < 1.29 is 9.53 Å². The number of anilines is 1. The van der Waals surface area contributed by atoms with Gasteiger partial charge in [0.25, 0.3) is 0 Å². The lowest BCUT2D eigenvalue weighted by molar-refractivity contribution is -0.140. The fourth-order valence-corrected chi connectivity index (χ4v) is 2.07.